The third-order valence-electron chi connectivity index (χ3n) is 15.6. The first-order valence-electron chi connectivity index (χ1n) is 30.4. The molecular formula is C58H82N8O26P3S2+. The van der Waals surface area contributed by atoms with Gasteiger partial charge in [0.05, 0.1) is 105 Å². The largest absolute Gasteiger partial charge is 0.490 e. The molecule has 39 heteroatoms. The molecule has 2 aromatic carbocycles. The zero-order chi connectivity index (χ0) is 71.2. The van der Waals surface area contributed by atoms with Crippen molar-refractivity contribution in [2.45, 2.75) is 112 Å². The molecule has 1 saturated heterocycles. The average molecular weight is 1460 g/mol. The van der Waals surface area contributed by atoms with Crippen LogP contribution in [0.15, 0.2) is 82.6 Å². The summed E-state index contributed by atoms with van der Waals surface area (Å²) in [6.45, 7) is 13.0. The fraction of sp³-hybridized carbons (Fsp3) is 0.534. The number of anilines is 2. The number of hydrogen-bond acceptors (Lipinski definition) is 24. The molecule has 0 radical (unpaired) electrons. The van der Waals surface area contributed by atoms with Crippen molar-refractivity contribution in [3.8, 4) is 11.8 Å². The van der Waals surface area contributed by atoms with E-state index >= 15 is 0 Å². The number of carbonyl (C=O) groups is 2. The van der Waals surface area contributed by atoms with E-state index in [1.807, 2.05) is 52.8 Å². The van der Waals surface area contributed by atoms with Crippen LogP contribution in [0.3, 0.4) is 0 Å². The van der Waals surface area contributed by atoms with Gasteiger partial charge in [0, 0.05) is 73.1 Å². The molecule has 2 unspecified atom stereocenters. The molecule has 1 fully saturated rings. The molecule has 4 aromatic rings. The molecule has 0 spiro atoms. The van der Waals surface area contributed by atoms with Gasteiger partial charge in [0.1, 0.15) is 42.6 Å². The van der Waals surface area contributed by atoms with Gasteiger partial charge in [0.15, 0.2) is 11.9 Å². The predicted octanol–water partition coefficient (Wildman–Crippen LogP) is 3.42. The number of nitrogen functional groups attached to an aromatic ring is 1. The lowest BCUT2D eigenvalue weighted by Crippen LogP contribution is -2.33. The fourth-order valence-electron chi connectivity index (χ4n) is 11.0. The smallest absolute Gasteiger partial charge is 0.387 e. The summed E-state index contributed by atoms with van der Waals surface area (Å²) < 4.78 is 152. The Balaban J connectivity index is 0.711. The minimum absolute atomic E-state index is 0.0134. The maximum Gasteiger partial charge on any atom is 0.490 e. The molecule has 0 bridgehead atoms. The van der Waals surface area contributed by atoms with E-state index < -0.39 is 85.7 Å². The van der Waals surface area contributed by atoms with Gasteiger partial charge in [-0.05, 0) is 75.6 Å². The number of amides is 2. The quantitative estimate of drug-likeness (QED) is 0.0101. The Kier molecular flexibility index (Phi) is 27.6. The van der Waals surface area contributed by atoms with Crippen LogP contribution in [0.1, 0.15) is 89.6 Å². The van der Waals surface area contributed by atoms with Crippen molar-refractivity contribution >= 4 is 89.5 Å². The predicted molar refractivity (Wildman–Crippen MR) is 346 cm³/mol. The highest BCUT2D eigenvalue weighted by molar-refractivity contribution is 7.86. The van der Waals surface area contributed by atoms with E-state index in [0.717, 1.165) is 46.7 Å². The number of phosphoric ester groups is 1. The summed E-state index contributed by atoms with van der Waals surface area (Å²) in [6.07, 6.45) is 4.16. The van der Waals surface area contributed by atoms with Gasteiger partial charge in [-0.15, -0.1) is 0 Å². The van der Waals surface area contributed by atoms with E-state index in [0.29, 0.717) is 85.1 Å². The van der Waals surface area contributed by atoms with E-state index in [-0.39, 0.29) is 76.8 Å². The zero-order valence-corrected chi connectivity index (χ0v) is 58.0. The number of hydrogen-bond donors (Lipinski definition) is 11. The molecule has 34 nitrogen and oxygen atoms in total. The average Bonchev–Trinajstić information content (AvgIpc) is 1.60. The minimum Gasteiger partial charge on any atom is -0.387 e. The summed E-state index contributed by atoms with van der Waals surface area (Å²) in [5.41, 5.74) is 10.0. The fourth-order valence-corrected chi connectivity index (χ4v) is 15.1. The van der Waals surface area contributed by atoms with Crippen LogP contribution >= 0.6 is 23.5 Å². The lowest BCUT2D eigenvalue weighted by atomic mass is 9.81. The van der Waals surface area contributed by atoms with Crippen molar-refractivity contribution in [3.05, 3.63) is 89.5 Å². The monoisotopic (exact) mass is 1460 g/mol. The Labute approximate surface area is 560 Å². The number of aliphatic hydroxyl groups excluding tert-OH is 2. The van der Waals surface area contributed by atoms with E-state index in [1.54, 1.807) is 12.1 Å². The molecule has 12 N–H and O–H groups in total. The van der Waals surface area contributed by atoms with Gasteiger partial charge < -0.3 is 84.0 Å². The van der Waals surface area contributed by atoms with E-state index in [2.05, 4.69) is 55.1 Å². The second kappa shape index (κ2) is 34.1. The minimum atomic E-state index is -5.82. The van der Waals surface area contributed by atoms with Crippen molar-refractivity contribution in [3.63, 3.8) is 0 Å². The molecule has 5 heterocycles. The second-order valence-electron chi connectivity index (χ2n) is 23.1. The number of unbranched alkanes of at least 4 members (excludes halogenated alkanes) is 2. The van der Waals surface area contributed by atoms with Gasteiger partial charge in [-0.1, -0.05) is 31.8 Å². The van der Waals surface area contributed by atoms with Crippen molar-refractivity contribution < 1.29 is 125 Å². The molecule has 2 amide bonds. The number of nitrogens with one attached hydrogen (secondary N) is 2. The number of nitrogens with two attached hydrogens (primary N) is 1. The molecule has 7 rings (SSSR count). The topological polar surface area (TPSA) is 486 Å². The Morgan fingerprint density at radius 2 is 1.35 bits per heavy atom. The number of ether oxygens (including phenoxy) is 6. The summed E-state index contributed by atoms with van der Waals surface area (Å²) in [5, 5.41) is 27.2. The molecule has 0 saturated carbocycles. The number of phosphoric acid groups is 3. The zero-order valence-electron chi connectivity index (χ0n) is 53.7. The van der Waals surface area contributed by atoms with E-state index in [1.165, 1.54) is 35.0 Å². The molecule has 6 atom stereocenters. The lowest BCUT2D eigenvalue weighted by molar-refractivity contribution is -0.438. The van der Waals surface area contributed by atoms with Crippen LogP contribution in [0.4, 0.5) is 17.2 Å². The van der Waals surface area contributed by atoms with Crippen molar-refractivity contribution in [1.82, 2.24) is 25.2 Å². The molecule has 97 heavy (non-hydrogen) atoms. The Hall–Kier alpha value is -5.78. The standard InChI is InChI=1S/C58H81N8O26P3S2/c1-6-64-44-18-16-40(96(78,79)80)34-42(44)57(2,3)47(64)13-10-14-48-58(4,5)43-35-41(97(81,82)83)17-19-45(43)65(48)23-9-7-8-15-49(67)61-22-25-85-27-29-87-31-33-88-32-30-86-28-26-84-24-20-50(68)60-21-11-12-39-36-66(55-51(39)54(59)62-38-63-55)56-53(70)52(69)46(90-56)37-89-94(74,75)92-95(76,77)91-93(71,72)73/h10,13-14,16-19,34-36,38,46,52-53,56,69-70H,6-9,15,20-33,37H2,1-5H3,(H9-,59,60,61,62,63,67,68,71,72,73,74,75,76,77,78,79,80,81,82,83)/p+1/t46-,52-,53-,56-/m1/s1. The van der Waals surface area contributed by atoms with Crippen LogP contribution in [0.25, 0.3) is 11.0 Å². The van der Waals surface area contributed by atoms with Gasteiger partial charge in [0.25, 0.3) is 20.2 Å². The number of likely N-dealkylation sites (N-methyl/N-ethyl adjacent to an activating group) is 1. The Bertz CT molecular complexity index is 4020. The molecule has 2 aromatic heterocycles. The van der Waals surface area contributed by atoms with E-state index in [4.69, 9.17) is 43.9 Å². The molecule has 536 valence electrons. The van der Waals surface area contributed by atoms with Crippen LogP contribution in [-0.4, -0.2) is 210 Å². The lowest BCUT2D eigenvalue weighted by Gasteiger charge is -2.25. The van der Waals surface area contributed by atoms with Crippen LogP contribution in [0.2, 0.25) is 0 Å². The SMILES string of the molecule is CCN1C(=CC=CC2=[N+](CCCCCC(=O)NCCOCCOCCOCCOCCOCCC(=O)NCC#Cc3cn([C@@H]4O[C@H](COP(=O)(O)OP(=O)(O)OP(=O)(O)O)[C@@H](O)[C@H]4O)c4ncnc(N)c34)c3ccc(S(=O)(=O)O)cc3C2(C)C)C(C)(C)c2cc(S(=O)(=O)O)ccc21. The molecule has 3 aliphatic heterocycles. The van der Waals surface area contributed by atoms with Gasteiger partial charge in [0.2, 0.25) is 17.5 Å². The van der Waals surface area contributed by atoms with Crippen LogP contribution in [-0.2, 0) is 95.9 Å². The Morgan fingerprint density at radius 3 is 1.97 bits per heavy atom. The van der Waals surface area contributed by atoms with Crippen LogP contribution in [0.5, 0.6) is 0 Å². The van der Waals surface area contributed by atoms with Crippen LogP contribution < -0.4 is 21.3 Å². The highest BCUT2D eigenvalue weighted by atomic mass is 32.2. The summed E-state index contributed by atoms with van der Waals surface area (Å²) in [5.74, 6) is 5.10. The van der Waals surface area contributed by atoms with Crippen molar-refractivity contribution in [2.24, 2.45) is 0 Å². The summed E-state index contributed by atoms with van der Waals surface area (Å²) >= 11 is 0. The number of carbonyl (C=O) groups excluding carboxylic acids is 2. The van der Waals surface area contributed by atoms with E-state index in [9.17, 15) is 69.2 Å². The molecule has 0 aliphatic carbocycles. The highest BCUT2D eigenvalue weighted by Gasteiger charge is 2.48. The first kappa shape index (κ1) is 78.6. The van der Waals surface area contributed by atoms with Gasteiger partial charge >= 0.3 is 23.5 Å². The number of aromatic nitrogens is 3. The highest BCUT2D eigenvalue weighted by Crippen LogP contribution is 2.66. The van der Waals surface area contributed by atoms with Crippen molar-refractivity contribution in [1.29, 1.82) is 0 Å². The third kappa shape index (κ3) is 21.6. The summed E-state index contributed by atoms with van der Waals surface area (Å²) in [4.78, 5) is 71.6. The number of nitrogens with zero attached hydrogens (tertiary/aromatic N) is 5. The summed E-state index contributed by atoms with van der Waals surface area (Å²) in [6, 6.07) is 9.17. The number of benzene rings is 2. The van der Waals surface area contributed by atoms with Gasteiger partial charge in [-0.25, -0.2) is 23.7 Å². The van der Waals surface area contributed by atoms with Crippen LogP contribution in [0, 0.1) is 11.8 Å². The van der Waals surface area contributed by atoms with Gasteiger partial charge in [-0.2, -0.15) is 30.0 Å². The number of allylic oxidation sites excluding steroid dienone is 4. The normalized spacial score (nSPS) is 20.1. The Morgan fingerprint density at radius 1 is 0.753 bits per heavy atom. The van der Waals surface area contributed by atoms with Crippen molar-refractivity contribution in [2.75, 3.05) is 109 Å². The number of rotatable bonds is 38. The maximum atomic E-state index is 12.7. The molecule has 3 aliphatic rings. The van der Waals surface area contributed by atoms with Gasteiger partial charge in [-0.3, -0.25) is 23.2 Å². The number of fused-ring (bicyclic) bond motifs is 3. The maximum absolute atomic E-state index is 12.7. The second-order valence-corrected chi connectivity index (χ2v) is 30.4. The molecular weight excluding hydrogens is 1380 g/mol. The first-order chi connectivity index (χ1) is 45.6. The summed E-state index contributed by atoms with van der Waals surface area (Å²) in [7, 11) is -26.0. The number of aliphatic hydroxyl groups is 2. The third-order valence-corrected chi connectivity index (χ3v) is 21.1. The first-order valence-corrected chi connectivity index (χ1v) is 37.8.